The van der Waals surface area contributed by atoms with E-state index in [1.54, 1.807) is 6.92 Å². The third kappa shape index (κ3) is 17.7. The fraction of sp³-hybridized carbons (Fsp3) is 0.500. The molecule has 0 bridgehead atoms. The van der Waals surface area contributed by atoms with E-state index in [4.69, 9.17) is 0 Å². The van der Waals surface area contributed by atoms with Crippen LogP contribution in [0.1, 0.15) is 25.8 Å². The molecule has 0 aromatic heterocycles. The van der Waals surface area contributed by atoms with Gasteiger partial charge in [0.25, 0.3) is 0 Å². The first-order valence-electron chi connectivity index (χ1n) is 7.62. The summed E-state index contributed by atoms with van der Waals surface area (Å²) in [6, 6.07) is 9.88. The van der Waals surface area contributed by atoms with E-state index in [0.29, 0.717) is 27.9 Å². The number of ether oxygens (including phenoxy) is 1. The van der Waals surface area contributed by atoms with E-state index in [2.05, 4.69) is 97.8 Å². The first-order chi connectivity index (χ1) is 12.4. The molecule has 4 nitrogen and oxygen atoms in total. The number of halogens is 5. The van der Waals surface area contributed by atoms with E-state index >= 15 is 0 Å². The third-order valence-corrected chi connectivity index (χ3v) is 5.91. The van der Waals surface area contributed by atoms with Gasteiger partial charge in [-0.15, -0.1) is 0 Å². The Balaban J connectivity index is 0. The molecule has 1 aromatic rings. The maximum atomic E-state index is 11.4. The second-order valence-corrected chi connectivity index (χ2v) is 19.2. The fourth-order valence-electron chi connectivity index (χ4n) is 1.38. The van der Waals surface area contributed by atoms with Gasteiger partial charge in [0.1, 0.15) is 4.83 Å². The van der Waals surface area contributed by atoms with Crippen molar-refractivity contribution in [2.75, 3.05) is 11.9 Å². The van der Waals surface area contributed by atoms with Crippen LogP contribution in [0.2, 0.25) is 0 Å². The van der Waals surface area contributed by atoms with Crippen LogP contribution in [-0.2, 0) is 30.3 Å². The summed E-state index contributed by atoms with van der Waals surface area (Å²) >= 11 is 14.3. The van der Waals surface area contributed by atoms with E-state index in [-0.39, 0.29) is 21.5 Å². The molecule has 0 aliphatic carbocycles. The first kappa shape index (κ1) is 29.8. The Morgan fingerprint density at radius 1 is 1.15 bits per heavy atom. The van der Waals surface area contributed by atoms with Crippen molar-refractivity contribution in [2.45, 2.75) is 36.5 Å². The number of hydrogen-bond donors (Lipinski definition) is 1. The topological polar surface area (TPSA) is 55.4 Å². The Kier molecular flexibility index (Phi) is 24.5. The molecule has 0 heterocycles. The minimum atomic E-state index is -0.214. The Morgan fingerprint density at radius 2 is 1.69 bits per heavy atom. The van der Waals surface area contributed by atoms with Gasteiger partial charge < -0.3 is 10.1 Å². The minimum absolute atomic E-state index is 0.0522. The van der Waals surface area contributed by atoms with Crippen LogP contribution in [0.15, 0.2) is 30.3 Å². The van der Waals surface area contributed by atoms with Gasteiger partial charge in [0.15, 0.2) is 0 Å². The van der Waals surface area contributed by atoms with Gasteiger partial charge in [0, 0.05) is 11.9 Å². The van der Waals surface area contributed by atoms with Crippen molar-refractivity contribution >= 4 is 99.6 Å². The zero-order chi connectivity index (χ0) is 20.4. The standard InChI is InChI=1S/C11H14BrNO.C5H8Br2O2.2HI.V/c1-2-10(12)11(14)13-8-9-6-4-3-5-7-9;1-2-9-5(8)4(7)3-6;;;/h3-7,10H,2,8H2,1H3,(H,13,14);4H,2-3H2,1H3;2*1H;/q;;;;+2/p-2. The van der Waals surface area contributed by atoms with Crippen molar-refractivity contribution in [3.8, 4) is 0 Å². The number of nitrogens with one attached hydrogen (secondary N) is 1. The molecule has 1 aromatic carbocycles. The van der Waals surface area contributed by atoms with Crippen LogP contribution in [-0.4, -0.2) is 33.5 Å². The Hall–Kier alpha value is 1.64. The molecular formula is C16H22Br3I2NO3V. The van der Waals surface area contributed by atoms with Gasteiger partial charge in [-0.1, -0.05) is 85.0 Å². The van der Waals surface area contributed by atoms with Crippen LogP contribution in [0.25, 0.3) is 0 Å². The van der Waals surface area contributed by atoms with Gasteiger partial charge in [0.05, 0.1) is 11.4 Å². The molecule has 2 unspecified atom stereocenters. The van der Waals surface area contributed by atoms with Crippen LogP contribution >= 0.6 is 87.7 Å². The van der Waals surface area contributed by atoms with Gasteiger partial charge in [-0.25, -0.2) is 0 Å². The van der Waals surface area contributed by atoms with Gasteiger partial charge in [0.2, 0.25) is 5.91 Å². The molecule has 0 radical (unpaired) electrons. The summed E-state index contributed by atoms with van der Waals surface area (Å²) in [5, 5.41) is 3.45. The van der Waals surface area contributed by atoms with Gasteiger partial charge in [-0.3, -0.25) is 9.59 Å². The van der Waals surface area contributed by atoms with Crippen molar-refractivity contribution in [3.05, 3.63) is 35.9 Å². The first-order valence-corrected chi connectivity index (χ1v) is 19.6. The van der Waals surface area contributed by atoms with Crippen molar-refractivity contribution in [1.29, 1.82) is 0 Å². The van der Waals surface area contributed by atoms with Crippen molar-refractivity contribution < 1.29 is 23.8 Å². The molecule has 2 atom stereocenters. The van der Waals surface area contributed by atoms with E-state index in [1.807, 2.05) is 37.3 Å². The molecule has 0 spiro atoms. The Morgan fingerprint density at radius 3 is 2.12 bits per heavy atom. The predicted octanol–water partition coefficient (Wildman–Crippen LogP) is 5.95. The average molecular weight is 821 g/mol. The number of benzene rings is 1. The molecule has 1 N–H and O–H groups in total. The number of hydrogen-bond acceptors (Lipinski definition) is 3. The molecule has 10 heteroatoms. The molecule has 26 heavy (non-hydrogen) atoms. The van der Waals surface area contributed by atoms with Crippen LogP contribution in [0.5, 0.6) is 0 Å². The normalized spacial score (nSPS) is 11.5. The van der Waals surface area contributed by atoms with Crippen molar-refractivity contribution in [1.82, 2.24) is 5.32 Å². The summed E-state index contributed by atoms with van der Waals surface area (Å²) in [5.74, 6) is -0.161. The summed E-state index contributed by atoms with van der Waals surface area (Å²) in [6.45, 7) is 4.79. The molecule has 0 aliphatic rings. The molecule has 1 amide bonds. The van der Waals surface area contributed by atoms with E-state index in [1.165, 1.54) is 0 Å². The average Bonchev–Trinajstić information content (AvgIpc) is 2.66. The number of carbonyl (C=O) groups is 2. The van der Waals surface area contributed by atoms with Crippen molar-refractivity contribution in [3.63, 3.8) is 0 Å². The van der Waals surface area contributed by atoms with E-state index in [0.717, 1.165) is 12.0 Å². The molecule has 0 fully saturated rings. The van der Waals surface area contributed by atoms with E-state index in [9.17, 15) is 9.59 Å². The molecule has 0 aliphatic heterocycles. The van der Waals surface area contributed by atoms with Crippen LogP contribution in [0, 0.1) is 0 Å². The zero-order valence-electron chi connectivity index (χ0n) is 14.4. The zero-order valence-corrected chi connectivity index (χ0v) is 24.9. The maximum absolute atomic E-state index is 11.4. The fourth-order valence-corrected chi connectivity index (χ4v) is 1.94. The number of amides is 1. The molecule has 1 rings (SSSR count). The second kappa shape index (κ2) is 21.4. The van der Waals surface area contributed by atoms with Crippen LogP contribution in [0.3, 0.4) is 0 Å². The SMILES string of the molecule is CCC(Br)C(=O)NCc1ccccc1.CCOC(=O)C(Br)CBr.[I][V][I]. The summed E-state index contributed by atoms with van der Waals surface area (Å²) < 4.78 is 4.68. The van der Waals surface area contributed by atoms with Gasteiger partial charge >= 0.3 is 55.4 Å². The monoisotopic (exact) mass is 818 g/mol. The number of carbonyl (C=O) groups excluding carboxylic acids is 2. The molecule has 149 valence electrons. The van der Waals surface area contributed by atoms with E-state index < -0.39 is 0 Å². The quantitative estimate of drug-likeness (QED) is 0.210. The Bertz CT molecular complexity index is 487. The predicted molar refractivity (Wildman–Crippen MR) is 132 cm³/mol. The van der Waals surface area contributed by atoms with Crippen LogP contribution in [0.4, 0.5) is 0 Å². The summed E-state index contributed by atoms with van der Waals surface area (Å²) in [7, 11) is 0.628. The number of alkyl halides is 3. The van der Waals surface area contributed by atoms with Crippen molar-refractivity contribution in [2.24, 2.45) is 0 Å². The molecule has 0 saturated carbocycles. The van der Waals surface area contributed by atoms with Crippen LogP contribution < -0.4 is 5.32 Å². The molecular weight excluding hydrogens is 799 g/mol. The number of rotatable bonds is 7. The summed E-state index contributed by atoms with van der Waals surface area (Å²) in [4.78, 5) is 21.8. The Labute approximate surface area is 210 Å². The van der Waals surface area contributed by atoms with Gasteiger partial charge in [-0.2, -0.15) is 0 Å². The second-order valence-electron chi connectivity index (χ2n) is 4.52. The van der Waals surface area contributed by atoms with Gasteiger partial charge in [-0.05, 0) is 18.9 Å². The number of esters is 1. The molecule has 0 saturated heterocycles. The summed E-state index contributed by atoms with van der Waals surface area (Å²) in [6.07, 6.45) is 0.806. The third-order valence-electron chi connectivity index (χ3n) is 2.63. The summed E-state index contributed by atoms with van der Waals surface area (Å²) in [5.41, 5.74) is 1.12.